The predicted molar refractivity (Wildman–Crippen MR) is 104 cm³/mol. The number of ketones is 1. The fourth-order valence-corrected chi connectivity index (χ4v) is 2.49. The Balaban J connectivity index is 1.44. The van der Waals surface area contributed by atoms with Crippen molar-refractivity contribution in [3.63, 3.8) is 0 Å². The Hall–Kier alpha value is -3.94. The molecule has 2 N–H and O–H groups in total. The summed E-state index contributed by atoms with van der Waals surface area (Å²) in [5.41, 5.74) is 1.50. The van der Waals surface area contributed by atoms with Gasteiger partial charge < -0.3 is 20.1 Å². The standard InChI is InChI=1S/C21H18N2O6/c24-17(15-7-8-18-16(10-15)23-20(26)13-28-18)12-29-21(27)11-22-19(25)9-6-14-4-2-1-3-5-14/h1-10H,11-13H2,(H,22,25)(H,23,26)/b9-6+. The summed E-state index contributed by atoms with van der Waals surface area (Å²) in [6.45, 7) is -0.925. The molecule has 3 rings (SSSR count). The van der Waals surface area contributed by atoms with Gasteiger partial charge in [0, 0.05) is 11.6 Å². The van der Waals surface area contributed by atoms with Gasteiger partial charge in [-0.05, 0) is 29.8 Å². The van der Waals surface area contributed by atoms with Gasteiger partial charge in [0.2, 0.25) is 5.91 Å². The number of hydrogen-bond donors (Lipinski definition) is 2. The van der Waals surface area contributed by atoms with Crippen LogP contribution in [0.15, 0.2) is 54.6 Å². The van der Waals surface area contributed by atoms with E-state index < -0.39 is 24.3 Å². The van der Waals surface area contributed by atoms with Crippen molar-refractivity contribution in [1.82, 2.24) is 5.32 Å². The quantitative estimate of drug-likeness (QED) is 0.419. The van der Waals surface area contributed by atoms with E-state index in [0.717, 1.165) is 5.56 Å². The number of carbonyl (C=O) groups is 4. The molecule has 0 unspecified atom stereocenters. The van der Waals surface area contributed by atoms with Crippen molar-refractivity contribution in [1.29, 1.82) is 0 Å². The summed E-state index contributed by atoms with van der Waals surface area (Å²) >= 11 is 0. The Kier molecular flexibility index (Phi) is 6.36. The fraction of sp³-hybridized carbons (Fsp3) is 0.143. The number of nitrogens with one attached hydrogen (secondary N) is 2. The van der Waals surface area contributed by atoms with Gasteiger partial charge in [-0.1, -0.05) is 30.3 Å². The molecule has 8 nitrogen and oxygen atoms in total. The number of fused-ring (bicyclic) bond motifs is 1. The summed E-state index contributed by atoms with van der Waals surface area (Å²) in [6, 6.07) is 13.8. The SMILES string of the molecule is O=C(/C=C/c1ccccc1)NCC(=O)OCC(=O)c1ccc2c(c1)NC(=O)CO2. The van der Waals surface area contributed by atoms with Gasteiger partial charge in [-0.3, -0.25) is 19.2 Å². The molecule has 0 bridgehead atoms. The highest BCUT2D eigenvalue weighted by atomic mass is 16.5. The van der Waals surface area contributed by atoms with Crippen molar-refractivity contribution in [2.45, 2.75) is 0 Å². The first-order chi connectivity index (χ1) is 14.0. The lowest BCUT2D eigenvalue weighted by Crippen LogP contribution is -2.30. The monoisotopic (exact) mass is 394 g/mol. The molecular weight excluding hydrogens is 376 g/mol. The molecular formula is C21H18N2O6. The van der Waals surface area contributed by atoms with Gasteiger partial charge in [0.1, 0.15) is 12.3 Å². The highest BCUT2D eigenvalue weighted by Crippen LogP contribution is 2.28. The zero-order chi connectivity index (χ0) is 20.6. The second-order valence-electron chi connectivity index (χ2n) is 6.09. The van der Waals surface area contributed by atoms with Crippen LogP contribution in [0, 0.1) is 0 Å². The van der Waals surface area contributed by atoms with Gasteiger partial charge in [0.25, 0.3) is 5.91 Å². The molecule has 0 fully saturated rings. The third kappa shape index (κ3) is 5.77. The summed E-state index contributed by atoms with van der Waals surface area (Å²) in [5.74, 6) is -1.50. The molecule has 0 saturated heterocycles. The van der Waals surface area contributed by atoms with Crippen molar-refractivity contribution in [2.75, 3.05) is 25.1 Å². The molecule has 1 heterocycles. The van der Waals surface area contributed by atoms with E-state index in [9.17, 15) is 19.2 Å². The molecule has 8 heteroatoms. The maximum atomic E-state index is 12.2. The fourth-order valence-electron chi connectivity index (χ4n) is 2.49. The van der Waals surface area contributed by atoms with Crippen LogP contribution in [0.5, 0.6) is 5.75 Å². The molecule has 2 amide bonds. The Morgan fingerprint density at radius 2 is 1.93 bits per heavy atom. The summed E-state index contributed by atoms with van der Waals surface area (Å²) in [5, 5.41) is 4.99. The van der Waals surface area contributed by atoms with Crippen molar-refractivity contribution in [3.8, 4) is 5.75 Å². The van der Waals surface area contributed by atoms with Crippen LogP contribution in [0.3, 0.4) is 0 Å². The van der Waals surface area contributed by atoms with Crippen LogP contribution in [0.4, 0.5) is 5.69 Å². The lowest BCUT2D eigenvalue weighted by Gasteiger charge is -2.18. The second kappa shape index (κ2) is 9.32. The molecule has 1 aliphatic rings. The number of benzene rings is 2. The van der Waals surface area contributed by atoms with Crippen LogP contribution < -0.4 is 15.4 Å². The Bertz CT molecular complexity index is 968. The smallest absolute Gasteiger partial charge is 0.325 e. The zero-order valence-electron chi connectivity index (χ0n) is 15.3. The van der Waals surface area contributed by atoms with Gasteiger partial charge in [0.15, 0.2) is 19.0 Å². The molecule has 0 aliphatic carbocycles. The molecule has 0 aromatic heterocycles. The van der Waals surface area contributed by atoms with E-state index >= 15 is 0 Å². The van der Waals surface area contributed by atoms with E-state index in [2.05, 4.69) is 10.6 Å². The average molecular weight is 394 g/mol. The van der Waals surface area contributed by atoms with Crippen LogP contribution in [0.2, 0.25) is 0 Å². The molecule has 0 atom stereocenters. The number of carbonyl (C=O) groups excluding carboxylic acids is 4. The molecule has 0 spiro atoms. The van der Waals surface area contributed by atoms with Crippen molar-refractivity contribution in [2.24, 2.45) is 0 Å². The minimum atomic E-state index is -0.741. The topological polar surface area (TPSA) is 111 Å². The summed E-state index contributed by atoms with van der Waals surface area (Å²) in [6.07, 6.45) is 2.92. The first-order valence-electron chi connectivity index (χ1n) is 8.78. The number of anilines is 1. The third-order valence-electron chi connectivity index (χ3n) is 3.93. The molecule has 2 aromatic carbocycles. The molecule has 0 radical (unpaired) electrons. The van der Waals surface area contributed by atoms with Gasteiger partial charge in [-0.25, -0.2) is 0 Å². The average Bonchev–Trinajstić information content (AvgIpc) is 2.74. The molecule has 2 aromatic rings. The van der Waals surface area contributed by atoms with E-state index in [-0.39, 0.29) is 24.6 Å². The van der Waals surface area contributed by atoms with Crippen LogP contribution in [-0.2, 0) is 19.1 Å². The van der Waals surface area contributed by atoms with Gasteiger partial charge in [-0.2, -0.15) is 0 Å². The lowest BCUT2D eigenvalue weighted by molar-refractivity contribution is -0.142. The predicted octanol–water partition coefficient (Wildman–Crippen LogP) is 1.57. The first kappa shape index (κ1) is 19.8. The second-order valence-corrected chi connectivity index (χ2v) is 6.09. The van der Waals surface area contributed by atoms with Gasteiger partial charge >= 0.3 is 5.97 Å². The molecule has 148 valence electrons. The van der Waals surface area contributed by atoms with Gasteiger partial charge in [-0.15, -0.1) is 0 Å². The maximum Gasteiger partial charge on any atom is 0.325 e. The Morgan fingerprint density at radius 3 is 2.72 bits per heavy atom. The van der Waals surface area contributed by atoms with E-state index in [0.29, 0.717) is 11.4 Å². The van der Waals surface area contributed by atoms with Crippen molar-refractivity contribution < 1.29 is 28.7 Å². The normalized spacial score (nSPS) is 12.5. The molecule has 0 saturated carbocycles. The van der Waals surface area contributed by atoms with Crippen molar-refractivity contribution >= 4 is 35.3 Å². The number of Topliss-reactive ketones (excluding diaryl/α,β-unsaturated/α-hetero) is 1. The summed E-state index contributed by atoms with van der Waals surface area (Å²) in [7, 11) is 0. The minimum absolute atomic E-state index is 0.0792. The highest BCUT2D eigenvalue weighted by Gasteiger charge is 2.18. The van der Waals surface area contributed by atoms with Crippen LogP contribution in [-0.4, -0.2) is 43.3 Å². The van der Waals surface area contributed by atoms with Crippen LogP contribution >= 0.6 is 0 Å². The molecule has 29 heavy (non-hydrogen) atoms. The largest absolute Gasteiger partial charge is 0.482 e. The number of esters is 1. The van der Waals surface area contributed by atoms with Crippen LogP contribution in [0.1, 0.15) is 15.9 Å². The van der Waals surface area contributed by atoms with Crippen molar-refractivity contribution in [3.05, 3.63) is 65.7 Å². The van der Waals surface area contributed by atoms with Crippen LogP contribution in [0.25, 0.3) is 6.08 Å². The zero-order valence-corrected chi connectivity index (χ0v) is 15.3. The molecule has 1 aliphatic heterocycles. The first-order valence-corrected chi connectivity index (χ1v) is 8.78. The lowest BCUT2D eigenvalue weighted by atomic mass is 10.1. The summed E-state index contributed by atoms with van der Waals surface area (Å²) in [4.78, 5) is 47.0. The Labute approximate surface area is 166 Å². The number of rotatable bonds is 7. The number of amides is 2. The number of ether oxygens (including phenoxy) is 2. The third-order valence-corrected chi connectivity index (χ3v) is 3.93. The number of hydrogen-bond acceptors (Lipinski definition) is 6. The van der Waals surface area contributed by atoms with E-state index in [1.54, 1.807) is 12.1 Å². The highest BCUT2D eigenvalue weighted by molar-refractivity contribution is 6.02. The Morgan fingerprint density at radius 1 is 1.14 bits per heavy atom. The van der Waals surface area contributed by atoms with Gasteiger partial charge in [0.05, 0.1) is 5.69 Å². The van der Waals surface area contributed by atoms with E-state index in [1.807, 2.05) is 30.3 Å². The van der Waals surface area contributed by atoms with E-state index in [1.165, 1.54) is 18.2 Å². The van der Waals surface area contributed by atoms with E-state index in [4.69, 9.17) is 9.47 Å². The minimum Gasteiger partial charge on any atom is -0.482 e. The summed E-state index contributed by atoms with van der Waals surface area (Å²) < 4.78 is 10.1. The maximum absolute atomic E-state index is 12.2.